The van der Waals surface area contributed by atoms with Crippen molar-refractivity contribution in [3.63, 3.8) is 0 Å². The highest BCUT2D eigenvalue weighted by Gasteiger charge is 2.25. The van der Waals surface area contributed by atoms with Crippen molar-refractivity contribution < 1.29 is 12.8 Å². The van der Waals surface area contributed by atoms with Crippen molar-refractivity contribution in [1.82, 2.24) is 24.1 Å². The minimum absolute atomic E-state index is 0.225. The van der Waals surface area contributed by atoms with Crippen LogP contribution in [0.15, 0.2) is 35.2 Å². The molecule has 4 rings (SSSR count). The standard InChI is InChI=1S/C17H18BrFN6O2S/c1-28(26,27)22-7-11-3-5-24(9-11)15-2-4-20-17(23-15)14-8-21-16-6-13(19)12(18)10-25(14)16/h2,4,6,8,10-11,22H,3,5,7,9H2,1H3. The van der Waals surface area contributed by atoms with Gasteiger partial charge in [-0.05, 0) is 34.3 Å². The Bertz CT molecular complexity index is 1140. The van der Waals surface area contributed by atoms with E-state index in [0.29, 0.717) is 34.7 Å². The van der Waals surface area contributed by atoms with Crippen LogP contribution in [0.1, 0.15) is 6.42 Å². The van der Waals surface area contributed by atoms with Crippen molar-refractivity contribution >= 4 is 37.4 Å². The molecule has 3 aromatic heterocycles. The third-order valence-corrected chi connectivity index (χ3v) is 5.94. The molecule has 1 atom stereocenters. The van der Waals surface area contributed by atoms with Crippen LogP contribution in [0.2, 0.25) is 0 Å². The van der Waals surface area contributed by atoms with E-state index in [4.69, 9.17) is 0 Å². The predicted molar refractivity (Wildman–Crippen MR) is 107 cm³/mol. The van der Waals surface area contributed by atoms with Crippen LogP contribution in [-0.4, -0.2) is 53.7 Å². The number of rotatable bonds is 5. The largest absolute Gasteiger partial charge is 0.356 e. The van der Waals surface area contributed by atoms with E-state index in [2.05, 4.69) is 40.5 Å². The van der Waals surface area contributed by atoms with Crippen molar-refractivity contribution in [2.75, 3.05) is 30.8 Å². The molecule has 1 fully saturated rings. The van der Waals surface area contributed by atoms with Crippen molar-refractivity contribution in [3.8, 4) is 11.5 Å². The zero-order valence-corrected chi connectivity index (χ0v) is 17.4. The molecule has 0 bridgehead atoms. The second kappa shape index (κ2) is 7.37. The monoisotopic (exact) mass is 468 g/mol. The molecule has 8 nitrogen and oxygen atoms in total. The van der Waals surface area contributed by atoms with Gasteiger partial charge in [0.05, 0.1) is 16.9 Å². The van der Waals surface area contributed by atoms with Gasteiger partial charge in [-0.3, -0.25) is 4.40 Å². The molecule has 0 saturated carbocycles. The summed E-state index contributed by atoms with van der Waals surface area (Å²) in [4.78, 5) is 15.3. The molecule has 0 aliphatic carbocycles. The number of nitrogens with zero attached hydrogens (tertiary/aromatic N) is 5. The molecule has 148 valence electrons. The van der Waals surface area contributed by atoms with Crippen LogP contribution in [0, 0.1) is 11.7 Å². The van der Waals surface area contributed by atoms with Crippen LogP contribution in [0.25, 0.3) is 17.2 Å². The number of nitrogens with one attached hydrogen (secondary N) is 1. The van der Waals surface area contributed by atoms with Crippen molar-refractivity contribution in [2.24, 2.45) is 5.92 Å². The van der Waals surface area contributed by atoms with Gasteiger partial charge in [-0.1, -0.05) is 0 Å². The molecule has 1 N–H and O–H groups in total. The van der Waals surface area contributed by atoms with E-state index < -0.39 is 10.0 Å². The molecule has 0 amide bonds. The lowest BCUT2D eigenvalue weighted by Crippen LogP contribution is -2.30. The molecule has 1 aliphatic heterocycles. The van der Waals surface area contributed by atoms with Gasteiger partial charge in [-0.25, -0.2) is 32.5 Å². The summed E-state index contributed by atoms with van der Waals surface area (Å²) >= 11 is 3.19. The van der Waals surface area contributed by atoms with Crippen molar-refractivity contribution in [2.45, 2.75) is 6.42 Å². The van der Waals surface area contributed by atoms with Crippen molar-refractivity contribution in [1.29, 1.82) is 0 Å². The Morgan fingerprint density at radius 3 is 3.00 bits per heavy atom. The summed E-state index contributed by atoms with van der Waals surface area (Å²) < 4.78 is 40.9. The maximum Gasteiger partial charge on any atom is 0.208 e. The molecule has 28 heavy (non-hydrogen) atoms. The molecule has 1 saturated heterocycles. The summed E-state index contributed by atoms with van der Waals surface area (Å²) in [6.45, 7) is 1.92. The molecule has 3 aromatic rings. The van der Waals surface area contributed by atoms with Gasteiger partial charge in [-0.2, -0.15) is 0 Å². The molecule has 0 spiro atoms. The normalized spacial score (nSPS) is 17.5. The highest BCUT2D eigenvalue weighted by molar-refractivity contribution is 9.10. The lowest BCUT2D eigenvalue weighted by molar-refractivity contribution is 0.545. The van der Waals surface area contributed by atoms with E-state index in [0.717, 1.165) is 25.0 Å². The molecule has 11 heteroatoms. The average molecular weight is 469 g/mol. The van der Waals surface area contributed by atoms with Crippen LogP contribution in [-0.2, 0) is 10.0 Å². The van der Waals surface area contributed by atoms with Gasteiger partial charge in [0.2, 0.25) is 10.0 Å². The quantitative estimate of drug-likeness (QED) is 0.615. The minimum atomic E-state index is -3.19. The fourth-order valence-electron chi connectivity index (χ4n) is 3.27. The third-order valence-electron chi connectivity index (χ3n) is 4.67. The fourth-order valence-corrected chi connectivity index (χ4v) is 4.12. The van der Waals surface area contributed by atoms with Gasteiger partial charge >= 0.3 is 0 Å². The van der Waals surface area contributed by atoms with E-state index in [1.165, 1.54) is 6.07 Å². The summed E-state index contributed by atoms with van der Waals surface area (Å²) in [5.41, 5.74) is 1.13. The summed E-state index contributed by atoms with van der Waals surface area (Å²) in [6, 6.07) is 3.17. The SMILES string of the molecule is CS(=O)(=O)NCC1CCN(c2ccnc(-c3cnc4cc(F)c(Br)cn34)n2)C1. The highest BCUT2D eigenvalue weighted by atomic mass is 79.9. The number of imidazole rings is 1. The molecule has 4 heterocycles. The predicted octanol–water partition coefficient (Wildman–Crippen LogP) is 2.07. The molecule has 1 aliphatic rings. The Hall–Kier alpha value is -2.11. The Kier molecular flexibility index (Phi) is 5.06. The summed E-state index contributed by atoms with van der Waals surface area (Å²) in [7, 11) is -3.19. The minimum Gasteiger partial charge on any atom is -0.356 e. The van der Waals surface area contributed by atoms with Gasteiger partial charge < -0.3 is 4.90 Å². The molecule has 0 aromatic carbocycles. The van der Waals surface area contributed by atoms with Gasteiger partial charge in [0.25, 0.3) is 0 Å². The number of fused-ring (bicyclic) bond motifs is 1. The molecule has 0 radical (unpaired) electrons. The number of anilines is 1. The van der Waals surface area contributed by atoms with Crippen LogP contribution in [0.4, 0.5) is 10.2 Å². The van der Waals surface area contributed by atoms with Gasteiger partial charge in [0.15, 0.2) is 5.82 Å². The maximum atomic E-state index is 13.7. The zero-order chi connectivity index (χ0) is 19.9. The Morgan fingerprint density at radius 2 is 2.21 bits per heavy atom. The summed E-state index contributed by atoms with van der Waals surface area (Å²) in [6.07, 6.45) is 6.94. The van der Waals surface area contributed by atoms with E-state index in [1.54, 1.807) is 23.0 Å². The zero-order valence-electron chi connectivity index (χ0n) is 15.0. The van der Waals surface area contributed by atoms with Gasteiger partial charge in [-0.15, -0.1) is 0 Å². The van der Waals surface area contributed by atoms with Gasteiger partial charge in [0, 0.05) is 38.1 Å². The third kappa shape index (κ3) is 4.01. The molecular formula is C17H18BrFN6O2S. The first-order chi connectivity index (χ1) is 13.3. The fraction of sp³-hybridized carbons (Fsp3) is 0.353. The number of aromatic nitrogens is 4. The van der Waals surface area contributed by atoms with E-state index in [-0.39, 0.29) is 11.7 Å². The second-order valence-electron chi connectivity index (χ2n) is 6.80. The first kappa shape index (κ1) is 19.2. The highest BCUT2D eigenvalue weighted by Crippen LogP contribution is 2.26. The molecular weight excluding hydrogens is 451 g/mol. The maximum absolute atomic E-state index is 13.7. The molecule has 1 unspecified atom stereocenters. The van der Waals surface area contributed by atoms with Gasteiger partial charge in [0.1, 0.15) is 23.0 Å². The first-order valence-electron chi connectivity index (χ1n) is 8.65. The van der Waals surface area contributed by atoms with Crippen LogP contribution in [0.3, 0.4) is 0 Å². The number of hydrogen-bond donors (Lipinski definition) is 1. The van der Waals surface area contributed by atoms with Crippen LogP contribution in [0.5, 0.6) is 0 Å². The summed E-state index contributed by atoms with van der Waals surface area (Å²) in [5.74, 6) is 1.09. The lowest BCUT2D eigenvalue weighted by Gasteiger charge is -2.18. The Labute approximate surface area is 170 Å². The Morgan fingerprint density at radius 1 is 1.39 bits per heavy atom. The number of halogens is 2. The van der Waals surface area contributed by atoms with E-state index >= 15 is 0 Å². The lowest BCUT2D eigenvalue weighted by atomic mass is 10.1. The first-order valence-corrected chi connectivity index (χ1v) is 11.3. The number of sulfonamides is 1. The number of hydrogen-bond acceptors (Lipinski definition) is 6. The van der Waals surface area contributed by atoms with E-state index in [1.807, 2.05) is 6.07 Å². The van der Waals surface area contributed by atoms with Crippen LogP contribution < -0.4 is 9.62 Å². The summed E-state index contributed by atoms with van der Waals surface area (Å²) in [5, 5.41) is 0. The smallest absolute Gasteiger partial charge is 0.208 e. The number of pyridine rings is 1. The van der Waals surface area contributed by atoms with Crippen LogP contribution >= 0.6 is 15.9 Å². The average Bonchev–Trinajstić information content (AvgIpc) is 3.27. The van der Waals surface area contributed by atoms with E-state index in [9.17, 15) is 12.8 Å². The van der Waals surface area contributed by atoms with Crippen molar-refractivity contribution in [3.05, 3.63) is 41.0 Å². The topological polar surface area (TPSA) is 92.5 Å². The Balaban J connectivity index is 1.57. The second-order valence-corrected chi connectivity index (χ2v) is 9.49.